The second-order valence-electron chi connectivity index (χ2n) is 14.7. The van der Waals surface area contributed by atoms with Crippen LogP contribution in [0.5, 0.6) is 17.2 Å². The van der Waals surface area contributed by atoms with E-state index >= 15 is 0 Å². The molecular formula is C37H50ClNO4. The Morgan fingerprint density at radius 3 is 2.42 bits per heavy atom. The Labute approximate surface area is 263 Å². The molecular weight excluding hydrogens is 558 g/mol. The van der Waals surface area contributed by atoms with E-state index in [2.05, 4.69) is 50.8 Å². The predicted molar refractivity (Wildman–Crippen MR) is 172 cm³/mol. The number of fused-ring (bicyclic) bond motifs is 5. The van der Waals surface area contributed by atoms with Crippen molar-refractivity contribution < 1.29 is 19.0 Å². The van der Waals surface area contributed by atoms with E-state index in [1.54, 1.807) is 14.2 Å². The highest BCUT2D eigenvalue weighted by atomic mass is 35.5. The van der Waals surface area contributed by atoms with Crippen LogP contribution >= 0.6 is 11.6 Å². The maximum Gasteiger partial charge on any atom is 0.223 e. The number of nitrogens with zero attached hydrogens (tertiary/aromatic N) is 1. The average molecular weight is 608 g/mol. The van der Waals surface area contributed by atoms with Crippen molar-refractivity contribution >= 4 is 17.5 Å². The van der Waals surface area contributed by atoms with Gasteiger partial charge in [-0.15, -0.1) is 0 Å². The van der Waals surface area contributed by atoms with Crippen LogP contribution in [-0.4, -0.2) is 37.2 Å². The average Bonchev–Trinajstić information content (AvgIpc) is 3.33. The standard InChI is InChI=1S/C37H50ClNO4/c1-8-25-16-29-35(30-17-28(20-37(25,30)5)43-27-11-9-22(2)31(38)18-27)23(3)15-33-36(29,4)14-13-34(40)39(33)21-24-10-12-26(41-6)19-32(24)42-7/h9-12,18-19,23,25,28-30,33,35H,8,13-17,20-21H2,1-7H3/t23-,25+,28-,29?,30?,33?,35?,36+,37-/m0/s1. The smallest absolute Gasteiger partial charge is 0.223 e. The number of halogens is 1. The lowest BCUT2D eigenvalue weighted by Gasteiger charge is -2.65. The second-order valence-corrected chi connectivity index (χ2v) is 15.1. The first kappa shape index (κ1) is 30.6. The van der Waals surface area contributed by atoms with Crippen molar-refractivity contribution in [2.45, 2.75) is 98.3 Å². The molecule has 234 valence electrons. The molecule has 0 bridgehead atoms. The van der Waals surface area contributed by atoms with Gasteiger partial charge in [-0.1, -0.05) is 51.8 Å². The molecule has 0 N–H and O–H groups in total. The van der Waals surface area contributed by atoms with Crippen molar-refractivity contribution in [1.82, 2.24) is 4.90 Å². The molecule has 2 aromatic rings. The number of carbonyl (C=O) groups is 1. The lowest BCUT2D eigenvalue weighted by Crippen LogP contribution is -2.64. The van der Waals surface area contributed by atoms with Crippen LogP contribution in [0.3, 0.4) is 0 Å². The molecule has 3 aliphatic carbocycles. The lowest BCUT2D eigenvalue weighted by molar-refractivity contribution is -0.177. The van der Waals surface area contributed by atoms with Gasteiger partial charge in [0.05, 0.1) is 20.3 Å². The quantitative estimate of drug-likeness (QED) is 0.316. The molecule has 0 aromatic heterocycles. The summed E-state index contributed by atoms with van der Waals surface area (Å²) in [4.78, 5) is 15.9. The lowest BCUT2D eigenvalue weighted by atomic mass is 9.43. The number of methoxy groups -OCH3 is 2. The van der Waals surface area contributed by atoms with Gasteiger partial charge in [0.15, 0.2) is 0 Å². The van der Waals surface area contributed by atoms with E-state index in [-0.39, 0.29) is 28.9 Å². The number of aryl methyl sites for hydroxylation is 1. The third kappa shape index (κ3) is 5.12. The van der Waals surface area contributed by atoms with Crippen LogP contribution in [0.2, 0.25) is 5.02 Å². The SMILES string of the molecule is CC[C@@H]1CC2C(C3C[C@H](Oc4ccc(C)c(Cl)c4)C[C@]31C)[C@@H](C)CC1N(Cc3ccc(OC)cc3OC)C(=O)CC[C@]21C. The topological polar surface area (TPSA) is 48.0 Å². The summed E-state index contributed by atoms with van der Waals surface area (Å²) >= 11 is 6.47. The first-order valence-electron chi connectivity index (χ1n) is 16.5. The summed E-state index contributed by atoms with van der Waals surface area (Å²) in [5.41, 5.74) is 2.50. The maximum atomic E-state index is 13.6. The highest BCUT2D eigenvalue weighted by molar-refractivity contribution is 6.31. The largest absolute Gasteiger partial charge is 0.497 e. The summed E-state index contributed by atoms with van der Waals surface area (Å²) in [5, 5.41) is 0.772. The monoisotopic (exact) mass is 607 g/mol. The van der Waals surface area contributed by atoms with Gasteiger partial charge in [0, 0.05) is 35.7 Å². The highest BCUT2D eigenvalue weighted by Gasteiger charge is 2.64. The van der Waals surface area contributed by atoms with E-state index in [4.69, 9.17) is 25.8 Å². The number of hydrogen-bond donors (Lipinski definition) is 0. The van der Waals surface area contributed by atoms with Gasteiger partial charge in [0.25, 0.3) is 0 Å². The van der Waals surface area contributed by atoms with Gasteiger partial charge >= 0.3 is 0 Å². The Kier molecular flexibility index (Phi) is 8.20. The molecule has 9 atom stereocenters. The Balaban J connectivity index is 1.29. The molecule has 5 nitrogen and oxygen atoms in total. The fourth-order valence-electron chi connectivity index (χ4n) is 10.3. The Morgan fingerprint density at radius 2 is 1.72 bits per heavy atom. The normalized spacial score (nSPS) is 36.9. The molecule has 4 aliphatic rings. The van der Waals surface area contributed by atoms with E-state index in [0.29, 0.717) is 42.6 Å². The number of benzene rings is 2. The summed E-state index contributed by atoms with van der Waals surface area (Å²) in [6, 6.07) is 12.3. The molecule has 2 aromatic carbocycles. The van der Waals surface area contributed by atoms with Crippen molar-refractivity contribution in [3.63, 3.8) is 0 Å². The van der Waals surface area contributed by atoms with Crippen molar-refractivity contribution in [2.75, 3.05) is 14.2 Å². The molecule has 6 rings (SSSR count). The summed E-state index contributed by atoms with van der Waals surface area (Å²) < 4.78 is 17.9. The van der Waals surface area contributed by atoms with E-state index in [1.165, 1.54) is 12.8 Å². The van der Waals surface area contributed by atoms with Gasteiger partial charge in [-0.25, -0.2) is 0 Å². The number of hydrogen-bond acceptors (Lipinski definition) is 4. The van der Waals surface area contributed by atoms with E-state index < -0.39 is 0 Å². The minimum Gasteiger partial charge on any atom is -0.497 e. The van der Waals surface area contributed by atoms with Gasteiger partial charge < -0.3 is 19.1 Å². The maximum absolute atomic E-state index is 13.6. The fraction of sp³-hybridized carbons (Fsp3) is 0.649. The molecule has 1 heterocycles. The molecule has 3 saturated carbocycles. The van der Waals surface area contributed by atoms with Gasteiger partial charge in [-0.2, -0.15) is 0 Å². The zero-order valence-electron chi connectivity index (χ0n) is 27.1. The minimum absolute atomic E-state index is 0.100. The molecule has 0 spiro atoms. The summed E-state index contributed by atoms with van der Waals surface area (Å²) in [6.45, 7) is 12.6. The van der Waals surface area contributed by atoms with Gasteiger partial charge in [0.2, 0.25) is 5.91 Å². The summed E-state index contributed by atoms with van der Waals surface area (Å²) in [7, 11) is 3.37. The van der Waals surface area contributed by atoms with E-state index in [9.17, 15) is 4.79 Å². The van der Waals surface area contributed by atoms with Crippen molar-refractivity contribution in [2.24, 2.45) is 40.4 Å². The fourth-order valence-corrected chi connectivity index (χ4v) is 10.5. The zero-order valence-corrected chi connectivity index (χ0v) is 27.9. The third-order valence-electron chi connectivity index (χ3n) is 12.6. The number of ether oxygens (including phenoxy) is 3. The van der Waals surface area contributed by atoms with Crippen LogP contribution in [0.1, 0.15) is 83.8 Å². The molecule has 0 radical (unpaired) electrons. The number of rotatable bonds is 7. The number of likely N-dealkylation sites (tertiary alicyclic amines) is 1. The van der Waals surface area contributed by atoms with E-state index in [0.717, 1.165) is 59.1 Å². The van der Waals surface area contributed by atoms with Gasteiger partial charge in [-0.3, -0.25) is 4.79 Å². The van der Waals surface area contributed by atoms with Crippen molar-refractivity contribution in [3.05, 3.63) is 52.5 Å². The molecule has 43 heavy (non-hydrogen) atoms. The molecule has 1 aliphatic heterocycles. The van der Waals surface area contributed by atoms with Crippen molar-refractivity contribution in [3.8, 4) is 17.2 Å². The van der Waals surface area contributed by atoms with Crippen LogP contribution < -0.4 is 14.2 Å². The van der Waals surface area contributed by atoms with Crippen LogP contribution in [0.25, 0.3) is 0 Å². The highest BCUT2D eigenvalue weighted by Crippen LogP contribution is 2.68. The van der Waals surface area contributed by atoms with Crippen molar-refractivity contribution in [1.29, 1.82) is 0 Å². The Bertz CT molecular complexity index is 1360. The summed E-state index contributed by atoms with van der Waals surface area (Å²) in [6.07, 6.45) is 7.55. The summed E-state index contributed by atoms with van der Waals surface area (Å²) in [5.74, 6) is 5.81. The molecule has 4 unspecified atom stereocenters. The van der Waals surface area contributed by atoms with Crippen LogP contribution in [0.4, 0.5) is 0 Å². The Morgan fingerprint density at radius 1 is 0.977 bits per heavy atom. The van der Waals surface area contributed by atoms with Gasteiger partial charge in [0.1, 0.15) is 17.2 Å². The minimum atomic E-state index is 0.100. The first-order valence-corrected chi connectivity index (χ1v) is 16.8. The molecule has 1 saturated heterocycles. The number of carbonyl (C=O) groups excluding carboxylic acids is 1. The predicted octanol–water partition coefficient (Wildman–Crippen LogP) is 8.73. The Hall–Kier alpha value is -2.40. The number of piperidine rings is 1. The molecule has 4 fully saturated rings. The number of amides is 1. The zero-order chi connectivity index (χ0) is 30.7. The second kappa shape index (κ2) is 11.5. The molecule has 6 heteroatoms. The first-order chi connectivity index (χ1) is 20.5. The molecule has 1 amide bonds. The van der Waals surface area contributed by atoms with Crippen LogP contribution in [0, 0.1) is 47.3 Å². The van der Waals surface area contributed by atoms with Crippen LogP contribution in [-0.2, 0) is 11.3 Å². The van der Waals surface area contributed by atoms with Gasteiger partial charge in [-0.05, 0) is 109 Å². The van der Waals surface area contributed by atoms with Crippen LogP contribution in [0.15, 0.2) is 36.4 Å². The third-order valence-corrected chi connectivity index (χ3v) is 13.0. The van der Waals surface area contributed by atoms with E-state index in [1.807, 2.05) is 25.1 Å².